The van der Waals surface area contributed by atoms with E-state index in [4.69, 9.17) is 0 Å². The maximum absolute atomic E-state index is 13.0. The number of piperidine rings is 2. The fourth-order valence-electron chi connectivity index (χ4n) is 4.22. The number of benzene rings is 1. The summed E-state index contributed by atoms with van der Waals surface area (Å²) in [5, 5.41) is 0. The van der Waals surface area contributed by atoms with Crippen molar-refractivity contribution in [3.05, 3.63) is 35.6 Å². The fourth-order valence-corrected chi connectivity index (χ4v) is 4.22. The first-order valence-electron chi connectivity index (χ1n) is 8.84. The minimum Gasteiger partial charge on any atom is -0.306 e. The van der Waals surface area contributed by atoms with Gasteiger partial charge in [-0.05, 0) is 81.8 Å². The summed E-state index contributed by atoms with van der Waals surface area (Å²) in [6.45, 7) is 6.28. The number of rotatable bonds is 4. The topological polar surface area (TPSA) is 6.48 Å². The minimum absolute atomic E-state index is 0.129. The van der Waals surface area contributed by atoms with Crippen molar-refractivity contribution in [3.8, 4) is 0 Å². The Morgan fingerprint density at radius 3 is 2.50 bits per heavy atom. The van der Waals surface area contributed by atoms with Gasteiger partial charge in [-0.15, -0.1) is 0 Å². The molecule has 1 unspecified atom stereocenters. The standard InChI is InChI=1S/C19H29FN2/c1-21-10-2-5-18(13-21)15-22-11-3-4-17(14-22)12-16-6-8-19(20)9-7-16/h6-9,17-18H,2-5,10-15H2,1H3/t17-,18?/m0/s1. The molecule has 122 valence electrons. The van der Waals surface area contributed by atoms with Gasteiger partial charge in [-0.1, -0.05) is 12.1 Å². The molecule has 2 fully saturated rings. The first-order chi connectivity index (χ1) is 10.7. The first-order valence-corrected chi connectivity index (χ1v) is 8.84. The highest BCUT2D eigenvalue weighted by Crippen LogP contribution is 2.24. The Morgan fingerprint density at radius 2 is 1.73 bits per heavy atom. The third-order valence-electron chi connectivity index (χ3n) is 5.28. The van der Waals surface area contributed by atoms with Crippen molar-refractivity contribution >= 4 is 0 Å². The maximum atomic E-state index is 13.0. The van der Waals surface area contributed by atoms with E-state index in [1.165, 1.54) is 64.0 Å². The molecule has 0 aromatic heterocycles. The molecule has 0 bridgehead atoms. The lowest BCUT2D eigenvalue weighted by atomic mass is 9.90. The molecule has 2 atom stereocenters. The van der Waals surface area contributed by atoms with E-state index in [0.717, 1.165) is 18.3 Å². The molecule has 2 nitrogen and oxygen atoms in total. The van der Waals surface area contributed by atoms with Gasteiger partial charge >= 0.3 is 0 Å². The van der Waals surface area contributed by atoms with E-state index < -0.39 is 0 Å². The summed E-state index contributed by atoms with van der Waals surface area (Å²) in [5.41, 5.74) is 1.28. The molecule has 3 rings (SSSR count). The molecule has 2 saturated heterocycles. The van der Waals surface area contributed by atoms with Crippen LogP contribution in [0.4, 0.5) is 4.39 Å². The van der Waals surface area contributed by atoms with Gasteiger partial charge in [-0.2, -0.15) is 0 Å². The highest BCUT2D eigenvalue weighted by Gasteiger charge is 2.24. The Hall–Kier alpha value is -0.930. The van der Waals surface area contributed by atoms with E-state index in [1.807, 2.05) is 12.1 Å². The van der Waals surface area contributed by atoms with Gasteiger partial charge in [0.2, 0.25) is 0 Å². The molecule has 0 spiro atoms. The van der Waals surface area contributed by atoms with Crippen LogP contribution < -0.4 is 0 Å². The molecular formula is C19H29FN2. The second kappa shape index (κ2) is 7.56. The molecule has 0 aliphatic carbocycles. The maximum Gasteiger partial charge on any atom is 0.123 e. The zero-order valence-electron chi connectivity index (χ0n) is 13.8. The van der Waals surface area contributed by atoms with Crippen molar-refractivity contribution in [1.82, 2.24) is 9.80 Å². The van der Waals surface area contributed by atoms with Crippen LogP contribution in [0, 0.1) is 17.7 Å². The number of nitrogens with zero attached hydrogens (tertiary/aromatic N) is 2. The summed E-state index contributed by atoms with van der Waals surface area (Å²) in [6.07, 6.45) is 6.48. The molecule has 0 radical (unpaired) electrons. The fraction of sp³-hybridized carbons (Fsp3) is 0.684. The van der Waals surface area contributed by atoms with Crippen LogP contribution >= 0.6 is 0 Å². The van der Waals surface area contributed by atoms with Crippen molar-refractivity contribution < 1.29 is 4.39 Å². The van der Waals surface area contributed by atoms with E-state index in [-0.39, 0.29) is 5.82 Å². The zero-order valence-corrected chi connectivity index (χ0v) is 13.8. The number of likely N-dealkylation sites (tertiary alicyclic amines) is 2. The van der Waals surface area contributed by atoms with Crippen molar-refractivity contribution in [2.24, 2.45) is 11.8 Å². The number of halogens is 1. The molecule has 2 aliphatic heterocycles. The Morgan fingerprint density at radius 1 is 1.00 bits per heavy atom. The summed E-state index contributed by atoms with van der Waals surface area (Å²) in [7, 11) is 2.25. The molecule has 0 saturated carbocycles. The SMILES string of the molecule is CN1CCCC(CN2CCC[C@@H](Cc3ccc(F)cc3)C2)C1. The molecule has 0 amide bonds. The summed E-state index contributed by atoms with van der Waals surface area (Å²) < 4.78 is 13.0. The molecule has 1 aromatic rings. The van der Waals surface area contributed by atoms with Crippen LogP contribution in [0.1, 0.15) is 31.2 Å². The summed E-state index contributed by atoms with van der Waals surface area (Å²) in [5.74, 6) is 1.46. The molecular weight excluding hydrogens is 275 g/mol. The highest BCUT2D eigenvalue weighted by atomic mass is 19.1. The summed E-state index contributed by atoms with van der Waals surface area (Å²) in [4.78, 5) is 5.16. The predicted molar refractivity (Wildman–Crippen MR) is 89.5 cm³/mol. The quantitative estimate of drug-likeness (QED) is 0.841. The van der Waals surface area contributed by atoms with Crippen molar-refractivity contribution in [3.63, 3.8) is 0 Å². The van der Waals surface area contributed by atoms with Crippen LogP contribution in [0.5, 0.6) is 0 Å². The molecule has 22 heavy (non-hydrogen) atoms. The van der Waals surface area contributed by atoms with Crippen molar-refractivity contribution in [2.45, 2.75) is 32.1 Å². The Bertz CT molecular complexity index is 459. The second-order valence-corrected chi connectivity index (χ2v) is 7.37. The van der Waals surface area contributed by atoms with Crippen LogP contribution in [0.2, 0.25) is 0 Å². The van der Waals surface area contributed by atoms with Gasteiger partial charge in [-0.3, -0.25) is 0 Å². The Labute approximate surface area is 134 Å². The van der Waals surface area contributed by atoms with E-state index in [1.54, 1.807) is 12.1 Å². The smallest absolute Gasteiger partial charge is 0.123 e. The monoisotopic (exact) mass is 304 g/mol. The van der Waals surface area contributed by atoms with Crippen LogP contribution in [0.3, 0.4) is 0 Å². The van der Waals surface area contributed by atoms with Gasteiger partial charge in [0.05, 0.1) is 0 Å². The van der Waals surface area contributed by atoms with Gasteiger partial charge in [0, 0.05) is 19.6 Å². The van der Waals surface area contributed by atoms with Crippen molar-refractivity contribution in [1.29, 1.82) is 0 Å². The van der Waals surface area contributed by atoms with Crippen LogP contribution in [-0.4, -0.2) is 49.6 Å². The lowest BCUT2D eigenvalue weighted by Gasteiger charge is -2.38. The normalized spacial score (nSPS) is 27.9. The average molecular weight is 304 g/mol. The van der Waals surface area contributed by atoms with E-state index >= 15 is 0 Å². The zero-order chi connectivity index (χ0) is 15.4. The molecule has 2 aliphatic rings. The Balaban J connectivity index is 1.49. The highest BCUT2D eigenvalue weighted by molar-refractivity contribution is 5.16. The van der Waals surface area contributed by atoms with Crippen LogP contribution in [0.25, 0.3) is 0 Å². The molecule has 2 heterocycles. The molecule has 1 aromatic carbocycles. The van der Waals surface area contributed by atoms with Gasteiger partial charge in [0.1, 0.15) is 5.82 Å². The predicted octanol–water partition coefficient (Wildman–Crippen LogP) is 3.42. The third-order valence-corrected chi connectivity index (χ3v) is 5.28. The number of hydrogen-bond donors (Lipinski definition) is 0. The summed E-state index contributed by atoms with van der Waals surface area (Å²) in [6, 6.07) is 7.08. The lowest BCUT2D eigenvalue weighted by molar-refractivity contribution is 0.115. The largest absolute Gasteiger partial charge is 0.306 e. The average Bonchev–Trinajstić information content (AvgIpc) is 2.50. The molecule has 0 N–H and O–H groups in total. The van der Waals surface area contributed by atoms with Gasteiger partial charge in [0.25, 0.3) is 0 Å². The van der Waals surface area contributed by atoms with E-state index in [9.17, 15) is 4.39 Å². The molecule has 3 heteroatoms. The van der Waals surface area contributed by atoms with Gasteiger partial charge in [0.15, 0.2) is 0 Å². The lowest BCUT2D eigenvalue weighted by Crippen LogP contribution is -2.43. The van der Waals surface area contributed by atoms with Gasteiger partial charge < -0.3 is 9.80 Å². The summed E-state index contributed by atoms with van der Waals surface area (Å²) >= 11 is 0. The second-order valence-electron chi connectivity index (χ2n) is 7.37. The Kier molecular flexibility index (Phi) is 5.48. The van der Waals surface area contributed by atoms with E-state index in [2.05, 4.69) is 16.8 Å². The van der Waals surface area contributed by atoms with E-state index in [0.29, 0.717) is 0 Å². The first kappa shape index (κ1) is 15.9. The third kappa shape index (κ3) is 4.53. The number of hydrogen-bond acceptors (Lipinski definition) is 2. The van der Waals surface area contributed by atoms with Crippen molar-refractivity contribution in [2.75, 3.05) is 39.8 Å². The van der Waals surface area contributed by atoms with Crippen LogP contribution in [-0.2, 0) is 6.42 Å². The minimum atomic E-state index is -0.129. The van der Waals surface area contributed by atoms with Crippen LogP contribution in [0.15, 0.2) is 24.3 Å². The van der Waals surface area contributed by atoms with Gasteiger partial charge in [-0.25, -0.2) is 4.39 Å².